The minimum absolute atomic E-state index is 0.196. The first-order chi connectivity index (χ1) is 19.4. The van der Waals surface area contributed by atoms with Gasteiger partial charge in [0.1, 0.15) is 35.0 Å². The number of hydrogen-bond acceptors (Lipinski definition) is 7. The van der Waals surface area contributed by atoms with Gasteiger partial charge in [-0.15, -0.1) is 0 Å². The number of nitrogens with one attached hydrogen (secondary N) is 2. The quantitative estimate of drug-likeness (QED) is 0.348. The highest BCUT2D eigenvalue weighted by Gasteiger charge is 2.32. The average Bonchev–Trinajstić information content (AvgIpc) is 3.62. The maximum absolute atomic E-state index is 14.3. The van der Waals surface area contributed by atoms with Crippen molar-refractivity contribution in [3.8, 4) is 29.0 Å². The summed E-state index contributed by atoms with van der Waals surface area (Å²) in [6.07, 6.45) is 3.54. The van der Waals surface area contributed by atoms with Crippen LogP contribution in [-0.4, -0.2) is 66.7 Å². The zero-order valence-electron chi connectivity index (χ0n) is 21.3. The molecule has 2 N–H and O–H groups in total. The first-order valence-corrected chi connectivity index (χ1v) is 12.6. The number of nitriles is 1. The Kier molecular flexibility index (Phi) is 6.49. The summed E-state index contributed by atoms with van der Waals surface area (Å²) in [6, 6.07) is 13.6. The summed E-state index contributed by atoms with van der Waals surface area (Å²) in [4.78, 5) is 28.6. The first kappa shape index (κ1) is 25.3. The largest absolute Gasteiger partial charge is 0.348 e. The van der Waals surface area contributed by atoms with Gasteiger partial charge in [0.2, 0.25) is 0 Å². The van der Waals surface area contributed by atoms with Crippen molar-refractivity contribution < 1.29 is 13.6 Å². The molecule has 4 heterocycles. The van der Waals surface area contributed by atoms with Crippen molar-refractivity contribution in [1.82, 2.24) is 39.9 Å². The van der Waals surface area contributed by atoms with Crippen LogP contribution in [0, 0.1) is 23.0 Å². The number of pyridine rings is 1. The Balaban J connectivity index is 1.43. The molecule has 40 heavy (non-hydrogen) atoms. The molecule has 0 bridgehead atoms. The molecule has 1 fully saturated rings. The van der Waals surface area contributed by atoms with Gasteiger partial charge in [0, 0.05) is 24.7 Å². The molecule has 200 valence electrons. The third-order valence-corrected chi connectivity index (χ3v) is 7.01. The number of hydrogen-bond donors (Lipinski definition) is 2. The second kappa shape index (κ2) is 10.3. The number of carbonyl (C=O) groups excluding carboxylic acids is 1. The number of amides is 1. The van der Waals surface area contributed by atoms with Gasteiger partial charge in [0.05, 0.1) is 35.0 Å². The summed E-state index contributed by atoms with van der Waals surface area (Å²) in [5, 5.41) is 19.4. The fourth-order valence-corrected chi connectivity index (χ4v) is 5.31. The molecule has 1 saturated heterocycles. The molecule has 1 amide bonds. The predicted octanol–water partition coefficient (Wildman–Crippen LogP) is 3.71. The lowest BCUT2D eigenvalue weighted by Gasteiger charge is -2.37. The van der Waals surface area contributed by atoms with Crippen LogP contribution in [0.5, 0.6) is 0 Å². The number of benzene rings is 2. The number of fused-ring (bicyclic) bond motifs is 1. The number of nitrogens with zero attached hydrogens (tertiary/aromatic N) is 7. The lowest BCUT2D eigenvalue weighted by atomic mass is 9.99. The third kappa shape index (κ3) is 4.67. The van der Waals surface area contributed by atoms with Gasteiger partial charge in [-0.05, 0) is 49.9 Å². The van der Waals surface area contributed by atoms with Crippen molar-refractivity contribution in [3.05, 3.63) is 83.8 Å². The predicted molar refractivity (Wildman–Crippen MR) is 142 cm³/mol. The maximum Gasteiger partial charge on any atom is 0.254 e. The highest BCUT2D eigenvalue weighted by molar-refractivity contribution is 5.94. The first-order valence-electron chi connectivity index (χ1n) is 12.6. The Bertz CT molecular complexity index is 1760. The molecule has 2 aromatic carbocycles. The van der Waals surface area contributed by atoms with Gasteiger partial charge in [-0.1, -0.05) is 12.1 Å². The second-order valence-corrected chi connectivity index (χ2v) is 9.76. The number of piperidine rings is 1. The molecular weight excluding hydrogens is 516 g/mol. The van der Waals surface area contributed by atoms with Crippen molar-refractivity contribution in [3.63, 3.8) is 0 Å². The van der Waals surface area contributed by atoms with Crippen molar-refractivity contribution in [2.75, 3.05) is 20.1 Å². The lowest BCUT2D eigenvalue weighted by molar-refractivity contribution is 0.0889. The van der Waals surface area contributed by atoms with Crippen LogP contribution in [-0.2, 0) is 0 Å². The standard InChI is InChI=1S/C28H23F2N9O/c1-38-13-18(35-28(40)21-8-17(29)6-7-22(21)30)9-19(14-38)39-25-10-23(26-33-15-34-37-26)32-12-24(25)36-27(39)20-5-3-2-4-16(20)11-31/h2-8,10,12,15,18-19H,9,13-14H2,1H3,(H,35,40)(H,33,34,37)/t18?,19-/m1/s1. The maximum atomic E-state index is 14.3. The van der Waals surface area contributed by atoms with Gasteiger partial charge >= 0.3 is 0 Å². The van der Waals surface area contributed by atoms with Crippen LogP contribution in [0.25, 0.3) is 33.9 Å². The summed E-state index contributed by atoms with van der Waals surface area (Å²) in [5.41, 5.74) is 2.76. The third-order valence-electron chi connectivity index (χ3n) is 7.01. The average molecular weight is 540 g/mol. The number of aromatic nitrogens is 6. The fourth-order valence-electron chi connectivity index (χ4n) is 5.31. The Labute approximate surface area is 227 Å². The second-order valence-electron chi connectivity index (χ2n) is 9.76. The number of aromatic amines is 1. The molecule has 5 aromatic rings. The van der Waals surface area contributed by atoms with E-state index in [0.717, 1.165) is 23.7 Å². The zero-order valence-corrected chi connectivity index (χ0v) is 21.3. The topological polar surface area (TPSA) is 128 Å². The van der Waals surface area contributed by atoms with E-state index in [4.69, 9.17) is 4.98 Å². The summed E-state index contributed by atoms with van der Waals surface area (Å²) < 4.78 is 30.1. The van der Waals surface area contributed by atoms with Gasteiger partial charge in [0.15, 0.2) is 5.82 Å². The SMILES string of the molecule is CN1CC(NC(=O)c2cc(F)ccc2F)C[C@@H](n2c(-c3ccccc3C#N)nc3cnc(-c4ncn[nH]4)cc32)C1. The van der Waals surface area contributed by atoms with Crippen molar-refractivity contribution in [1.29, 1.82) is 5.26 Å². The Morgan fingerprint density at radius 3 is 2.80 bits per heavy atom. The Hall–Kier alpha value is -5.02. The number of rotatable bonds is 5. The molecule has 10 nitrogen and oxygen atoms in total. The van der Waals surface area contributed by atoms with E-state index in [1.807, 2.05) is 25.2 Å². The van der Waals surface area contributed by atoms with E-state index < -0.39 is 17.5 Å². The van der Waals surface area contributed by atoms with E-state index in [9.17, 15) is 18.8 Å². The molecule has 6 rings (SSSR count). The van der Waals surface area contributed by atoms with Gasteiger partial charge < -0.3 is 14.8 Å². The summed E-state index contributed by atoms with van der Waals surface area (Å²) in [6.45, 7) is 1.13. The van der Waals surface area contributed by atoms with Crippen molar-refractivity contribution in [2.45, 2.75) is 18.5 Å². The molecule has 0 saturated carbocycles. The monoisotopic (exact) mass is 539 g/mol. The van der Waals surface area contributed by atoms with Crippen LogP contribution < -0.4 is 5.32 Å². The number of halogens is 2. The number of imidazole rings is 1. The van der Waals surface area contributed by atoms with Crippen LogP contribution in [0.4, 0.5) is 8.78 Å². The summed E-state index contributed by atoms with van der Waals surface area (Å²) >= 11 is 0. The lowest BCUT2D eigenvalue weighted by Crippen LogP contribution is -2.50. The van der Waals surface area contributed by atoms with Crippen LogP contribution in [0.2, 0.25) is 0 Å². The van der Waals surface area contributed by atoms with Crippen LogP contribution in [0.1, 0.15) is 28.4 Å². The van der Waals surface area contributed by atoms with Gasteiger partial charge in [-0.25, -0.2) is 18.7 Å². The van der Waals surface area contributed by atoms with E-state index in [-0.39, 0.29) is 17.6 Å². The molecule has 2 atom stereocenters. The molecular formula is C28H23F2N9O. The smallest absolute Gasteiger partial charge is 0.254 e. The summed E-state index contributed by atoms with van der Waals surface area (Å²) in [5.74, 6) is -1.07. The van der Waals surface area contributed by atoms with E-state index in [2.05, 4.69) is 41.0 Å². The van der Waals surface area contributed by atoms with Gasteiger partial charge in [-0.2, -0.15) is 10.4 Å². The van der Waals surface area contributed by atoms with Crippen LogP contribution in [0.15, 0.2) is 61.1 Å². The number of likely N-dealkylation sites (N-methyl/N-ethyl adjacent to an activating group) is 1. The normalized spacial score (nSPS) is 17.6. The van der Waals surface area contributed by atoms with Crippen LogP contribution >= 0.6 is 0 Å². The highest BCUT2D eigenvalue weighted by atomic mass is 19.1. The number of likely N-dealkylation sites (tertiary alicyclic amines) is 1. The fraction of sp³-hybridized carbons (Fsp3) is 0.214. The van der Waals surface area contributed by atoms with Crippen LogP contribution in [0.3, 0.4) is 0 Å². The number of H-pyrrole nitrogens is 1. The van der Waals surface area contributed by atoms with Gasteiger partial charge in [0.25, 0.3) is 5.91 Å². The number of carbonyl (C=O) groups is 1. The van der Waals surface area contributed by atoms with Crippen molar-refractivity contribution in [2.24, 2.45) is 0 Å². The Morgan fingerprint density at radius 2 is 2.00 bits per heavy atom. The highest BCUT2D eigenvalue weighted by Crippen LogP contribution is 2.34. The van der Waals surface area contributed by atoms with Crippen molar-refractivity contribution >= 4 is 16.9 Å². The molecule has 1 aliphatic heterocycles. The van der Waals surface area contributed by atoms with Gasteiger partial charge in [-0.3, -0.25) is 14.9 Å². The zero-order chi connectivity index (χ0) is 27.8. The molecule has 0 aliphatic carbocycles. The molecule has 1 aliphatic rings. The molecule has 0 spiro atoms. The van der Waals surface area contributed by atoms with E-state index in [1.54, 1.807) is 18.3 Å². The van der Waals surface area contributed by atoms with E-state index >= 15 is 0 Å². The van der Waals surface area contributed by atoms with E-state index in [0.29, 0.717) is 53.5 Å². The summed E-state index contributed by atoms with van der Waals surface area (Å²) in [7, 11) is 1.93. The molecule has 12 heteroatoms. The van der Waals surface area contributed by atoms with E-state index in [1.165, 1.54) is 6.33 Å². The molecule has 3 aromatic heterocycles. The minimum Gasteiger partial charge on any atom is -0.348 e. The Morgan fingerprint density at radius 1 is 1.15 bits per heavy atom. The molecule has 0 radical (unpaired) electrons. The molecule has 1 unspecified atom stereocenters. The minimum atomic E-state index is -0.789.